The summed E-state index contributed by atoms with van der Waals surface area (Å²) in [5, 5.41) is 3.35. The Kier molecular flexibility index (Phi) is 5.53. The SMILES string of the molecule is CCOC(=O)CC(C)Nc1ccccc1CC. The summed E-state index contributed by atoms with van der Waals surface area (Å²) in [5.74, 6) is -0.151. The van der Waals surface area contributed by atoms with E-state index in [4.69, 9.17) is 4.74 Å². The lowest BCUT2D eigenvalue weighted by Crippen LogP contribution is -2.21. The smallest absolute Gasteiger partial charge is 0.307 e. The Hall–Kier alpha value is -1.51. The first-order valence-corrected chi connectivity index (χ1v) is 6.17. The van der Waals surface area contributed by atoms with Crippen LogP contribution >= 0.6 is 0 Å². The van der Waals surface area contributed by atoms with Gasteiger partial charge in [-0.25, -0.2) is 0 Å². The van der Waals surface area contributed by atoms with Crippen LogP contribution in [0.1, 0.15) is 32.8 Å². The molecule has 0 saturated heterocycles. The number of hydrogen-bond donors (Lipinski definition) is 1. The molecule has 1 atom stereocenters. The van der Waals surface area contributed by atoms with E-state index in [1.165, 1.54) is 5.56 Å². The second-order valence-corrected chi connectivity index (χ2v) is 4.07. The maximum Gasteiger partial charge on any atom is 0.307 e. The molecule has 0 radical (unpaired) electrons. The van der Waals surface area contributed by atoms with Crippen molar-refractivity contribution in [3.63, 3.8) is 0 Å². The third-order valence-electron chi connectivity index (χ3n) is 2.58. The molecule has 1 unspecified atom stereocenters. The fourth-order valence-electron chi connectivity index (χ4n) is 1.76. The van der Waals surface area contributed by atoms with Crippen molar-refractivity contribution >= 4 is 11.7 Å². The van der Waals surface area contributed by atoms with Gasteiger partial charge in [0.15, 0.2) is 0 Å². The monoisotopic (exact) mass is 235 g/mol. The summed E-state index contributed by atoms with van der Waals surface area (Å²) in [7, 11) is 0. The van der Waals surface area contributed by atoms with Crippen LogP contribution in [-0.4, -0.2) is 18.6 Å². The van der Waals surface area contributed by atoms with Gasteiger partial charge in [0, 0.05) is 11.7 Å². The number of anilines is 1. The number of esters is 1. The molecular weight excluding hydrogens is 214 g/mol. The average Bonchev–Trinajstić information content (AvgIpc) is 2.29. The van der Waals surface area contributed by atoms with E-state index < -0.39 is 0 Å². The number of rotatable bonds is 6. The second-order valence-electron chi connectivity index (χ2n) is 4.07. The number of para-hydroxylation sites is 1. The molecule has 0 spiro atoms. The Morgan fingerprint density at radius 3 is 2.71 bits per heavy atom. The van der Waals surface area contributed by atoms with Crippen LogP contribution in [0.15, 0.2) is 24.3 Å². The predicted molar refractivity (Wildman–Crippen MR) is 70.2 cm³/mol. The molecule has 0 saturated carbocycles. The van der Waals surface area contributed by atoms with Crippen LogP contribution in [-0.2, 0) is 16.0 Å². The van der Waals surface area contributed by atoms with Crippen LogP contribution in [0.2, 0.25) is 0 Å². The third-order valence-corrected chi connectivity index (χ3v) is 2.58. The van der Waals surface area contributed by atoms with Crippen LogP contribution in [0.5, 0.6) is 0 Å². The van der Waals surface area contributed by atoms with E-state index in [1.807, 2.05) is 32.0 Å². The Balaban J connectivity index is 2.55. The van der Waals surface area contributed by atoms with Crippen LogP contribution < -0.4 is 5.32 Å². The van der Waals surface area contributed by atoms with Crippen molar-refractivity contribution in [2.24, 2.45) is 0 Å². The van der Waals surface area contributed by atoms with Crippen molar-refractivity contribution in [3.05, 3.63) is 29.8 Å². The van der Waals surface area contributed by atoms with Gasteiger partial charge in [-0.15, -0.1) is 0 Å². The van der Waals surface area contributed by atoms with Gasteiger partial charge in [0.05, 0.1) is 13.0 Å². The van der Waals surface area contributed by atoms with Gasteiger partial charge < -0.3 is 10.1 Å². The summed E-state index contributed by atoms with van der Waals surface area (Å²) in [5.41, 5.74) is 2.37. The van der Waals surface area contributed by atoms with E-state index in [9.17, 15) is 4.79 Å². The molecule has 1 aromatic carbocycles. The molecular formula is C14H21NO2. The average molecular weight is 235 g/mol. The van der Waals surface area contributed by atoms with E-state index in [2.05, 4.69) is 18.3 Å². The standard InChI is InChI=1S/C14H21NO2/c1-4-12-8-6-7-9-13(12)15-11(3)10-14(16)17-5-2/h6-9,11,15H,4-5,10H2,1-3H3. The summed E-state index contributed by atoms with van der Waals surface area (Å²) in [6.45, 7) is 6.37. The molecule has 1 N–H and O–H groups in total. The first-order chi connectivity index (χ1) is 8.17. The minimum absolute atomic E-state index is 0.0850. The quantitative estimate of drug-likeness (QED) is 0.770. The molecule has 0 heterocycles. The number of aryl methyl sites for hydroxylation is 1. The first-order valence-electron chi connectivity index (χ1n) is 6.17. The van der Waals surface area contributed by atoms with Crippen LogP contribution in [0.25, 0.3) is 0 Å². The van der Waals surface area contributed by atoms with Crippen molar-refractivity contribution in [2.75, 3.05) is 11.9 Å². The van der Waals surface area contributed by atoms with Gasteiger partial charge in [-0.2, -0.15) is 0 Å². The Labute approximate surface area is 103 Å². The van der Waals surface area contributed by atoms with Crippen LogP contribution in [0.4, 0.5) is 5.69 Å². The minimum Gasteiger partial charge on any atom is -0.466 e. The largest absolute Gasteiger partial charge is 0.466 e. The summed E-state index contributed by atoms with van der Waals surface area (Å²) < 4.78 is 4.93. The van der Waals surface area contributed by atoms with Gasteiger partial charge in [0.2, 0.25) is 0 Å². The molecule has 3 nitrogen and oxygen atoms in total. The lowest BCUT2D eigenvalue weighted by molar-refractivity contribution is -0.143. The van der Waals surface area contributed by atoms with Crippen molar-refractivity contribution in [2.45, 2.75) is 39.7 Å². The molecule has 94 valence electrons. The van der Waals surface area contributed by atoms with Gasteiger partial charge in [-0.3, -0.25) is 4.79 Å². The highest BCUT2D eigenvalue weighted by molar-refractivity contribution is 5.70. The zero-order chi connectivity index (χ0) is 12.7. The van der Waals surface area contributed by atoms with E-state index in [0.29, 0.717) is 13.0 Å². The highest BCUT2D eigenvalue weighted by atomic mass is 16.5. The highest BCUT2D eigenvalue weighted by Gasteiger charge is 2.10. The molecule has 0 aliphatic carbocycles. The van der Waals surface area contributed by atoms with Crippen molar-refractivity contribution in [3.8, 4) is 0 Å². The second kappa shape index (κ2) is 6.94. The van der Waals surface area contributed by atoms with E-state index in [0.717, 1.165) is 12.1 Å². The molecule has 0 bridgehead atoms. The normalized spacial score (nSPS) is 11.9. The van der Waals surface area contributed by atoms with E-state index in [-0.39, 0.29) is 12.0 Å². The number of hydrogen-bond acceptors (Lipinski definition) is 3. The lowest BCUT2D eigenvalue weighted by atomic mass is 10.1. The van der Waals surface area contributed by atoms with Gasteiger partial charge in [0.25, 0.3) is 0 Å². The lowest BCUT2D eigenvalue weighted by Gasteiger charge is -2.16. The number of carbonyl (C=O) groups is 1. The Morgan fingerprint density at radius 1 is 1.35 bits per heavy atom. The molecule has 0 aliphatic rings. The van der Waals surface area contributed by atoms with Crippen LogP contribution in [0.3, 0.4) is 0 Å². The van der Waals surface area contributed by atoms with Crippen molar-refractivity contribution in [1.29, 1.82) is 0 Å². The van der Waals surface area contributed by atoms with Crippen molar-refractivity contribution < 1.29 is 9.53 Å². The first kappa shape index (κ1) is 13.6. The topological polar surface area (TPSA) is 38.3 Å². The molecule has 0 fully saturated rings. The molecule has 1 aromatic rings. The van der Waals surface area contributed by atoms with Gasteiger partial charge >= 0.3 is 5.97 Å². The third kappa shape index (κ3) is 4.47. The maximum absolute atomic E-state index is 11.3. The minimum atomic E-state index is -0.151. The predicted octanol–water partition coefficient (Wildman–Crippen LogP) is 3.00. The number of carbonyl (C=O) groups excluding carboxylic acids is 1. The summed E-state index contributed by atoms with van der Waals surface area (Å²) in [4.78, 5) is 11.3. The van der Waals surface area contributed by atoms with E-state index in [1.54, 1.807) is 0 Å². The molecule has 0 aromatic heterocycles. The fraction of sp³-hybridized carbons (Fsp3) is 0.500. The molecule has 0 amide bonds. The summed E-state index contributed by atoms with van der Waals surface area (Å²) in [6.07, 6.45) is 1.38. The Morgan fingerprint density at radius 2 is 2.06 bits per heavy atom. The number of ether oxygens (including phenoxy) is 1. The molecule has 3 heteroatoms. The zero-order valence-electron chi connectivity index (χ0n) is 10.8. The summed E-state index contributed by atoms with van der Waals surface area (Å²) >= 11 is 0. The highest BCUT2D eigenvalue weighted by Crippen LogP contribution is 2.17. The van der Waals surface area contributed by atoms with Gasteiger partial charge in [-0.05, 0) is 31.9 Å². The number of nitrogens with one attached hydrogen (secondary N) is 1. The Bertz CT molecular complexity index is 363. The van der Waals surface area contributed by atoms with E-state index >= 15 is 0 Å². The summed E-state index contributed by atoms with van der Waals surface area (Å²) in [6, 6.07) is 8.25. The molecule has 17 heavy (non-hydrogen) atoms. The van der Waals surface area contributed by atoms with Gasteiger partial charge in [0.1, 0.15) is 0 Å². The zero-order valence-corrected chi connectivity index (χ0v) is 10.8. The van der Waals surface area contributed by atoms with Gasteiger partial charge in [-0.1, -0.05) is 25.1 Å². The fourth-order valence-corrected chi connectivity index (χ4v) is 1.76. The van der Waals surface area contributed by atoms with Crippen molar-refractivity contribution in [1.82, 2.24) is 0 Å². The molecule has 0 aliphatic heterocycles. The number of benzene rings is 1. The maximum atomic E-state index is 11.3. The molecule has 1 rings (SSSR count). The van der Waals surface area contributed by atoms with Crippen LogP contribution in [0, 0.1) is 0 Å².